The number of aliphatic carboxylic acids is 1. The molecule has 2 rings (SSSR count). The lowest BCUT2D eigenvalue weighted by Crippen LogP contribution is -2.44. The van der Waals surface area contributed by atoms with Gasteiger partial charge in [0.15, 0.2) is 0 Å². The van der Waals surface area contributed by atoms with Crippen molar-refractivity contribution in [3.8, 4) is 0 Å². The molecule has 2 heterocycles. The SMILES string of the molecule is CC1SCC(C(=O)O)N1C(=O)CCc1cccnc1. The van der Waals surface area contributed by atoms with E-state index in [1.165, 1.54) is 16.7 Å². The van der Waals surface area contributed by atoms with Gasteiger partial charge in [0, 0.05) is 24.6 Å². The fourth-order valence-corrected chi connectivity index (χ4v) is 3.33. The Balaban J connectivity index is 1.97. The Morgan fingerprint density at radius 1 is 1.58 bits per heavy atom. The molecule has 0 aromatic carbocycles. The molecule has 1 aliphatic rings. The molecule has 1 saturated heterocycles. The van der Waals surface area contributed by atoms with E-state index < -0.39 is 12.0 Å². The van der Waals surface area contributed by atoms with Crippen LogP contribution in [0.2, 0.25) is 0 Å². The highest BCUT2D eigenvalue weighted by Crippen LogP contribution is 2.29. The lowest BCUT2D eigenvalue weighted by atomic mass is 10.1. The molecule has 0 saturated carbocycles. The van der Waals surface area contributed by atoms with Gasteiger partial charge in [-0.05, 0) is 25.0 Å². The minimum absolute atomic E-state index is 0.0671. The molecule has 2 atom stereocenters. The third-order valence-electron chi connectivity index (χ3n) is 3.15. The zero-order valence-electron chi connectivity index (χ0n) is 10.7. The molecule has 1 fully saturated rings. The number of hydrogen-bond donors (Lipinski definition) is 1. The predicted octanol–water partition coefficient (Wildman–Crippen LogP) is 1.39. The summed E-state index contributed by atoms with van der Waals surface area (Å²) in [4.78, 5) is 28.8. The molecule has 0 aliphatic carbocycles. The van der Waals surface area contributed by atoms with Gasteiger partial charge in [-0.25, -0.2) is 4.79 Å². The standard InChI is InChI=1S/C13H16N2O3S/c1-9-15(11(8-19-9)13(17)18)12(16)5-4-10-3-2-6-14-7-10/h2-3,6-7,9,11H,4-5,8H2,1H3,(H,17,18). The van der Waals surface area contributed by atoms with Gasteiger partial charge in [0.25, 0.3) is 0 Å². The first-order valence-electron chi connectivity index (χ1n) is 6.14. The molecule has 102 valence electrons. The number of amides is 1. The van der Waals surface area contributed by atoms with E-state index in [1.54, 1.807) is 12.4 Å². The molecule has 0 bridgehead atoms. The summed E-state index contributed by atoms with van der Waals surface area (Å²) in [6, 6.07) is 3.05. The molecule has 5 nitrogen and oxygen atoms in total. The van der Waals surface area contributed by atoms with Crippen molar-refractivity contribution < 1.29 is 14.7 Å². The van der Waals surface area contributed by atoms with E-state index >= 15 is 0 Å². The Labute approximate surface area is 116 Å². The second-order valence-corrected chi connectivity index (χ2v) is 5.80. The molecule has 1 aliphatic heterocycles. The monoisotopic (exact) mass is 280 g/mol. The number of carbonyl (C=O) groups excluding carboxylic acids is 1. The Bertz CT molecular complexity index is 466. The Hall–Kier alpha value is -1.56. The number of pyridine rings is 1. The van der Waals surface area contributed by atoms with Crippen LogP contribution in [0.25, 0.3) is 0 Å². The maximum Gasteiger partial charge on any atom is 0.327 e. The van der Waals surface area contributed by atoms with E-state index in [2.05, 4.69) is 4.98 Å². The van der Waals surface area contributed by atoms with Crippen LogP contribution in [-0.2, 0) is 16.0 Å². The summed E-state index contributed by atoms with van der Waals surface area (Å²) in [5, 5.41) is 9.05. The number of carboxylic acids is 1. The zero-order chi connectivity index (χ0) is 13.8. The van der Waals surface area contributed by atoms with E-state index in [-0.39, 0.29) is 11.3 Å². The van der Waals surface area contributed by atoms with Gasteiger partial charge in [0.1, 0.15) is 6.04 Å². The second-order valence-electron chi connectivity index (χ2n) is 4.45. The summed E-state index contributed by atoms with van der Waals surface area (Å²) in [6.07, 6.45) is 4.32. The summed E-state index contributed by atoms with van der Waals surface area (Å²) in [6.45, 7) is 1.87. The van der Waals surface area contributed by atoms with Gasteiger partial charge in [-0.2, -0.15) is 0 Å². The fraction of sp³-hybridized carbons (Fsp3) is 0.462. The topological polar surface area (TPSA) is 70.5 Å². The van der Waals surface area contributed by atoms with Crippen molar-refractivity contribution in [2.24, 2.45) is 0 Å². The lowest BCUT2D eigenvalue weighted by Gasteiger charge is -2.25. The number of nitrogens with zero attached hydrogens (tertiary/aromatic N) is 2. The van der Waals surface area contributed by atoms with Crippen LogP contribution >= 0.6 is 11.8 Å². The number of carbonyl (C=O) groups is 2. The van der Waals surface area contributed by atoms with Crippen LogP contribution < -0.4 is 0 Å². The Kier molecular flexibility index (Phi) is 4.42. The highest BCUT2D eigenvalue weighted by Gasteiger charge is 2.38. The molecule has 0 radical (unpaired) electrons. The first-order valence-corrected chi connectivity index (χ1v) is 7.19. The summed E-state index contributed by atoms with van der Waals surface area (Å²) in [7, 11) is 0. The fourth-order valence-electron chi connectivity index (χ4n) is 2.14. The minimum atomic E-state index is -0.924. The van der Waals surface area contributed by atoms with Gasteiger partial charge in [0.05, 0.1) is 5.37 Å². The smallest absolute Gasteiger partial charge is 0.327 e. The van der Waals surface area contributed by atoms with Crippen LogP contribution in [0.15, 0.2) is 24.5 Å². The number of rotatable bonds is 4. The number of carboxylic acid groups (broad SMARTS) is 1. The highest BCUT2D eigenvalue weighted by molar-refractivity contribution is 8.00. The van der Waals surface area contributed by atoms with Crippen LogP contribution in [0.5, 0.6) is 0 Å². The third kappa shape index (κ3) is 3.26. The summed E-state index contributed by atoms with van der Waals surface area (Å²) >= 11 is 1.50. The zero-order valence-corrected chi connectivity index (χ0v) is 11.5. The molecule has 2 unspecified atom stereocenters. The normalized spacial score (nSPS) is 22.5. The van der Waals surface area contributed by atoms with Gasteiger partial charge in [-0.1, -0.05) is 6.07 Å². The van der Waals surface area contributed by atoms with Gasteiger partial charge >= 0.3 is 5.97 Å². The number of thioether (sulfide) groups is 1. The third-order valence-corrected chi connectivity index (χ3v) is 4.36. The first kappa shape index (κ1) is 13.9. The lowest BCUT2D eigenvalue weighted by molar-refractivity contribution is -0.148. The van der Waals surface area contributed by atoms with Crippen molar-refractivity contribution in [2.75, 3.05) is 5.75 Å². The van der Waals surface area contributed by atoms with Crippen molar-refractivity contribution in [2.45, 2.75) is 31.2 Å². The largest absolute Gasteiger partial charge is 0.480 e. The van der Waals surface area contributed by atoms with Crippen molar-refractivity contribution in [3.05, 3.63) is 30.1 Å². The molecule has 1 aromatic rings. The molecular weight excluding hydrogens is 264 g/mol. The van der Waals surface area contributed by atoms with E-state index in [0.29, 0.717) is 18.6 Å². The van der Waals surface area contributed by atoms with E-state index in [4.69, 9.17) is 5.11 Å². The molecule has 1 aromatic heterocycles. The summed E-state index contributed by atoms with van der Waals surface area (Å²) in [5.41, 5.74) is 0.988. The summed E-state index contributed by atoms with van der Waals surface area (Å²) < 4.78 is 0. The minimum Gasteiger partial charge on any atom is -0.480 e. The van der Waals surface area contributed by atoms with E-state index in [1.807, 2.05) is 19.1 Å². The Morgan fingerprint density at radius 3 is 3.00 bits per heavy atom. The molecule has 19 heavy (non-hydrogen) atoms. The van der Waals surface area contributed by atoms with Gasteiger partial charge in [0.2, 0.25) is 5.91 Å². The average molecular weight is 280 g/mol. The van der Waals surface area contributed by atoms with Crippen molar-refractivity contribution in [3.63, 3.8) is 0 Å². The quantitative estimate of drug-likeness (QED) is 0.902. The first-order chi connectivity index (χ1) is 9.09. The second kappa shape index (κ2) is 6.06. The van der Waals surface area contributed by atoms with Gasteiger partial charge in [-0.3, -0.25) is 9.78 Å². The van der Waals surface area contributed by atoms with Crippen LogP contribution in [-0.4, -0.2) is 44.0 Å². The Morgan fingerprint density at radius 2 is 2.37 bits per heavy atom. The van der Waals surface area contributed by atoms with Crippen LogP contribution in [0.3, 0.4) is 0 Å². The number of hydrogen-bond acceptors (Lipinski definition) is 4. The van der Waals surface area contributed by atoms with E-state index in [0.717, 1.165) is 5.56 Å². The summed E-state index contributed by atoms with van der Waals surface area (Å²) in [5.74, 6) is -0.560. The molecule has 0 spiro atoms. The van der Waals surface area contributed by atoms with Crippen molar-refractivity contribution in [1.29, 1.82) is 0 Å². The van der Waals surface area contributed by atoms with Crippen LogP contribution in [0, 0.1) is 0 Å². The van der Waals surface area contributed by atoms with Crippen molar-refractivity contribution >= 4 is 23.6 Å². The predicted molar refractivity (Wildman–Crippen MR) is 72.7 cm³/mol. The average Bonchev–Trinajstić information content (AvgIpc) is 2.79. The van der Waals surface area contributed by atoms with E-state index in [9.17, 15) is 9.59 Å². The molecular formula is C13H16N2O3S. The maximum atomic E-state index is 12.2. The van der Waals surface area contributed by atoms with Crippen molar-refractivity contribution in [1.82, 2.24) is 9.88 Å². The van der Waals surface area contributed by atoms with Gasteiger partial charge < -0.3 is 10.0 Å². The molecule has 6 heteroatoms. The molecule has 1 N–H and O–H groups in total. The van der Waals surface area contributed by atoms with Crippen LogP contribution in [0.4, 0.5) is 0 Å². The number of aryl methyl sites for hydroxylation is 1. The number of aromatic nitrogens is 1. The molecule has 1 amide bonds. The van der Waals surface area contributed by atoms with Gasteiger partial charge in [-0.15, -0.1) is 11.8 Å². The van der Waals surface area contributed by atoms with Crippen LogP contribution in [0.1, 0.15) is 18.9 Å². The highest BCUT2D eigenvalue weighted by atomic mass is 32.2. The maximum absolute atomic E-state index is 12.2.